The highest BCUT2D eigenvalue weighted by atomic mass is 16.3. The third-order valence-corrected chi connectivity index (χ3v) is 0.602. The van der Waals surface area contributed by atoms with Crippen LogP contribution in [0, 0.1) is 0 Å². The van der Waals surface area contributed by atoms with Crippen molar-refractivity contribution in [2.24, 2.45) is 0 Å². The van der Waals surface area contributed by atoms with Crippen LogP contribution in [-0.4, -0.2) is 0 Å². The van der Waals surface area contributed by atoms with Crippen LogP contribution in [0.5, 0.6) is 5.75 Å². The van der Waals surface area contributed by atoms with Crippen LogP contribution < -0.4 is 5.11 Å². The van der Waals surface area contributed by atoms with Gasteiger partial charge < -0.3 is 5.11 Å². The van der Waals surface area contributed by atoms with E-state index in [9.17, 15) is 5.11 Å². The molecule has 0 aromatic carbocycles. The molecule has 0 N–H and O–H groups in total. The van der Waals surface area contributed by atoms with Crippen LogP contribution in [0.2, 0.25) is 0 Å². The molecule has 0 aliphatic carbocycles. The first kappa shape index (κ1) is 4.12. The zero-order valence-electron chi connectivity index (χ0n) is 3.63. The van der Waals surface area contributed by atoms with E-state index in [1.54, 1.807) is 6.07 Å². The van der Waals surface area contributed by atoms with E-state index in [0.29, 0.717) is 0 Å². The van der Waals surface area contributed by atoms with Crippen molar-refractivity contribution < 1.29 is 9.52 Å². The van der Waals surface area contributed by atoms with Crippen LogP contribution >= 0.6 is 0 Å². The van der Waals surface area contributed by atoms with Crippen LogP contribution in [0.4, 0.5) is 0 Å². The lowest BCUT2D eigenvalue weighted by Gasteiger charge is -1.90. The maximum absolute atomic E-state index is 10.2. The van der Waals surface area contributed by atoms with Gasteiger partial charge >= 0.3 is 12.5 Å². The number of hydrogen-bond donors (Lipinski definition) is 0. The molecule has 36 valence electrons. The number of hydrogen-bond acceptors (Lipinski definition) is 1. The molecule has 2 heteroatoms. The van der Waals surface area contributed by atoms with E-state index in [1.165, 1.54) is 12.3 Å². The number of rotatable bonds is 0. The van der Waals surface area contributed by atoms with Crippen LogP contribution in [0.15, 0.2) is 29.1 Å². The van der Waals surface area contributed by atoms with E-state index in [4.69, 9.17) is 0 Å². The lowest BCUT2D eigenvalue weighted by Crippen LogP contribution is -1.85. The van der Waals surface area contributed by atoms with Crippen LogP contribution in [0.1, 0.15) is 0 Å². The van der Waals surface area contributed by atoms with E-state index >= 15 is 0 Å². The van der Waals surface area contributed by atoms with Gasteiger partial charge in [-0.3, -0.25) is 0 Å². The van der Waals surface area contributed by atoms with Gasteiger partial charge in [0.1, 0.15) is 0 Å². The fraction of sp³-hybridized carbons (Fsp3) is 0. The molecule has 1 heterocycles. The molecule has 0 aliphatic rings. The van der Waals surface area contributed by atoms with E-state index in [2.05, 4.69) is 4.42 Å². The summed E-state index contributed by atoms with van der Waals surface area (Å²) in [5, 5.41) is 10.2. The average molecular weight is 96.1 g/mol. The normalized spacial score (nSPS) is 8.57. The molecule has 7 heavy (non-hydrogen) atoms. The quantitative estimate of drug-likeness (QED) is 0.444. The average Bonchev–Trinajstić information content (AvgIpc) is 1.69. The molecule has 1 aromatic rings. The SMILES string of the molecule is [O-]c1ccc[o+]c1. The summed E-state index contributed by atoms with van der Waals surface area (Å²) < 4.78 is 4.50. The van der Waals surface area contributed by atoms with Crippen LogP contribution in [0.25, 0.3) is 0 Å². The summed E-state index contributed by atoms with van der Waals surface area (Å²) in [6.07, 6.45) is 2.60. The van der Waals surface area contributed by atoms with Gasteiger partial charge in [0.2, 0.25) is 0 Å². The Morgan fingerprint density at radius 1 is 1.57 bits per heavy atom. The van der Waals surface area contributed by atoms with Gasteiger partial charge in [-0.1, -0.05) is 6.07 Å². The van der Waals surface area contributed by atoms with Crippen molar-refractivity contribution in [3.05, 3.63) is 24.7 Å². The van der Waals surface area contributed by atoms with Gasteiger partial charge in [-0.05, 0) is 5.75 Å². The summed E-state index contributed by atoms with van der Waals surface area (Å²) >= 11 is 0. The highest BCUT2D eigenvalue weighted by Gasteiger charge is 1.79. The Hall–Kier alpha value is -1.05. The molecule has 0 unspecified atom stereocenters. The van der Waals surface area contributed by atoms with Crippen LogP contribution in [0.3, 0.4) is 0 Å². The molecule has 0 fully saturated rings. The maximum Gasteiger partial charge on any atom is 0.317 e. The molecule has 1 aromatic heterocycles. The summed E-state index contributed by atoms with van der Waals surface area (Å²) in [5.74, 6) is -0.0949. The Morgan fingerprint density at radius 3 is 2.71 bits per heavy atom. The fourth-order valence-corrected chi connectivity index (χ4v) is 0.325. The zero-order valence-corrected chi connectivity index (χ0v) is 3.63. The van der Waals surface area contributed by atoms with Gasteiger partial charge in [0, 0.05) is 6.07 Å². The Kier molecular flexibility index (Phi) is 0.941. The minimum atomic E-state index is -0.0949. The Bertz CT molecular complexity index is 136. The highest BCUT2D eigenvalue weighted by molar-refractivity contribution is 5.08. The predicted molar refractivity (Wildman–Crippen MR) is 22.6 cm³/mol. The topological polar surface area (TPSA) is 34.4 Å². The first-order chi connectivity index (χ1) is 3.39. The molecule has 2 nitrogen and oxygen atoms in total. The van der Waals surface area contributed by atoms with Crippen molar-refractivity contribution in [3.63, 3.8) is 0 Å². The molecule has 1 rings (SSSR count). The molecule has 0 atom stereocenters. The van der Waals surface area contributed by atoms with E-state index in [0.717, 1.165) is 6.26 Å². The van der Waals surface area contributed by atoms with E-state index in [1.807, 2.05) is 0 Å². The summed E-state index contributed by atoms with van der Waals surface area (Å²) in [6, 6.07) is 2.99. The maximum atomic E-state index is 10.2. The van der Waals surface area contributed by atoms with Gasteiger partial charge in [0.25, 0.3) is 0 Å². The van der Waals surface area contributed by atoms with Crippen molar-refractivity contribution in [1.29, 1.82) is 0 Å². The van der Waals surface area contributed by atoms with Gasteiger partial charge in [-0.15, -0.1) is 0 Å². The summed E-state index contributed by atoms with van der Waals surface area (Å²) in [6.45, 7) is 0. The molecule has 0 saturated carbocycles. The van der Waals surface area contributed by atoms with E-state index < -0.39 is 0 Å². The van der Waals surface area contributed by atoms with Crippen molar-refractivity contribution in [1.82, 2.24) is 0 Å². The molecule has 0 amide bonds. The third-order valence-electron chi connectivity index (χ3n) is 0.602. The zero-order chi connectivity index (χ0) is 5.11. The third kappa shape index (κ3) is 0.892. The van der Waals surface area contributed by atoms with Crippen LogP contribution in [-0.2, 0) is 0 Å². The molecule has 0 bridgehead atoms. The molecular weight excluding hydrogens is 92.1 g/mol. The Balaban J connectivity index is 3.02. The molecular formula is C5H4O2. The van der Waals surface area contributed by atoms with E-state index in [-0.39, 0.29) is 5.75 Å². The second-order valence-corrected chi connectivity index (χ2v) is 1.15. The van der Waals surface area contributed by atoms with Crippen molar-refractivity contribution in [3.8, 4) is 5.75 Å². The van der Waals surface area contributed by atoms with Crippen molar-refractivity contribution in [2.75, 3.05) is 0 Å². The second kappa shape index (κ2) is 1.60. The summed E-state index contributed by atoms with van der Waals surface area (Å²) in [4.78, 5) is 0. The van der Waals surface area contributed by atoms with Gasteiger partial charge in [0.15, 0.2) is 0 Å². The molecule has 0 radical (unpaired) electrons. The largest absolute Gasteiger partial charge is 0.867 e. The first-order valence-corrected chi connectivity index (χ1v) is 1.92. The fourth-order valence-electron chi connectivity index (χ4n) is 0.325. The Morgan fingerprint density at radius 2 is 2.43 bits per heavy atom. The minimum absolute atomic E-state index is 0.0949. The minimum Gasteiger partial charge on any atom is -0.867 e. The van der Waals surface area contributed by atoms with Crippen molar-refractivity contribution >= 4 is 0 Å². The monoisotopic (exact) mass is 96.0 g/mol. The second-order valence-electron chi connectivity index (χ2n) is 1.15. The van der Waals surface area contributed by atoms with Crippen molar-refractivity contribution in [2.45, 2.75) is 0 Å². The smallest absolute Gasteiger partial charge is 0.317 e. The molecule has 0 spiro atoms. The Labute approximate surface area is 41.0 Å². The first-order valence-electron chi connectivity index (χ1n) is 1.92. The summed E-state index contributed by atoms with van der Waals surface area (Å²) in [5.41, 5.74) is 0. The lowest BCUT2D eigenvalue weighted by atomic mass is 10.5. The van der Waals surface area contributed by atoms with Gasteiger partial charge in [0.05, 0.1) is 0 Å². The lowest BCUT2D eigenvalue weighted by molar-refractivity contribution is -0.270. The standard InChI is InChI=1S/C5H4O2/c6-5-2-1-3-7-4-5/h1-4H. The molecule has 0 aliphatic heterocycles. The highest BCUT2D eigenvalue weighted by Crippen LogP contribution is 1.98. The predicted octanol–water partition coefficient (Wildman–Crippen LogP) is 0.634. The van der Waals surface area contributed by atoms with Gasteiger partial charge in [-0.2, -0.15) is 0 Å². The molecule has 0 saturated heterocycles. The summed E-state index contributed by atoms with van der Waals surface area (Å²) in [7, 11) is 0. The van der Waals surface area contributed by atoms with Gasteiger partial charge in [-0.25, -0.2) is 4.42 Å².